The van der Waals surface area contributed by atoms with Crippen LogP contribution in [-0.2, 0) is 30.5 Å². The predicted octanol–water partition coefficient (Wildman–Crippen LogP) is 13.1. The van der Waals surface area contributed by atoms with E-state index < -0.39 is 0 Å². The summed E-state index contributed by atoms with van der Waals surface area (Å²) in [6.07, 6.45) is 6.87. The van der Waals surface area contributed by atoms with Crippen molar-refractivity contribution in [2.24, 2.45) is 11.3 Å². The minimum atomic E-state index is -0.238. The number of ether oxygens (including phenoxy) is 2. The fourth-order valence-electron chi connectivity index (χ4n) is 7.87. The molecule has 4 aromatic heterocycles. The number of para-hydroxylation sites is 2. The third-order valence-corrected chi connectivity index (χ3v) is 14.9. The topological polar surface area (TPSA) is 121 Å². The molecule has 370 valence electrons. The summed E-state index contributed by atoms with van der Waals surface area (Å²) in [4.78, 5) is 43.8. The van der Waals surface area contributed by atoms with E-state index in [9.17, 15) is 14.4 Å². The molecule has 2 saturated heterocycles. The number of rotatable bonds is 13. The van der Waals surface area contributed by atoms with Crippen molar-refractivity contribution in [2.45, 2.75) is 98.1 Å². The highest BCUT2D eigenvalue weighted by Crippen LogP contribution is 2.34. The van der Waals surface area contributed by atoms with Gasteiger partial charge in [-0.05, 0) is 124 Å². The van der Waals surface area contributed by atoms with Crippen LogP contribution in [0, 0.1) is 11.3 Å². The van der Waals surface area contributed by atoms with E-state index in [0.717, 1.165) is 94.4 Å². The van der Waals surface area contributed by atoms with E-state index in [1.54, 1.807) is 65.8 Å². The van der Waals surface area contributed by atoms with Gasteiger partial charge in [-0.15, -0.1) is 35.1 Å². The molecule has 1 N–H and O–H groups in total. The van der Waals surface area contributed by atoms with Gasteiger partial charge in [0.1, 0.15) is 11.5 Å². The Balaban J connectivity index is 0.000000225. The number of carbonyl (C=O) groups is 3. The van der Waals surface area contributed by atoms with Gasteiger partial charge in [-0.2, -0.15) is 10.2 Å². The van der Waals surface area contributed by atoms with Crippen LogP contribution < -0.4 is 14.8 Å². The molecule has 1 amide bonds. The Morgan fingerprint density at radius 1 is 0.754 bits per heavy atom. The van der Waals surface area contributed by atoms with Crippen LogP contribution in [0.3, 0.4) is 0 Å². The number of aryl methyl sites for hydroxylation is 4. The van der Waals surface area contributed by atoms with Crippen LogP contribution in [0.4, 0.5) is 0 Å². The van der Waals surface area contributed by atoms with Gasteiger partial charge in [0.05, 0.1) is 57.5 Å². The molecular weight excluding hydrogens is 995 g/mol. The third kappa shape index (κ3) is 14.6. The largest absolute Gasteiger partial charge is 0.496 e. The van der Waals surface area contributed by atoms with E-state index in [2.05, 4.69) is 23.1 Å². The average molecular weight is 1060 g/mol. The van der Waals surface area contributed by atoms with E-state index in [1.807, 2.05) is 94.1 Å². The zero-order chi connectivity index (χ0) is 49.1. The van der Waals surface area contributed by atoms with E-state index in [0.29, 0.717) is 34.1 Å². The van der Waals surface area contributed by atoms with Gasteiger partial charge in [0, 0.05) is 38.6 Å². The van der Waals surface area contributed by atoms with Crippen LogP contribution in [0.15, 0.2) is 96.5 Å². The maximum absolute atomic E-state index is 13.5. The summed E-state index contributed by atoms with van der Waals surface area (Å²) < 4.78 is 15.4. The number of carbonyl (C=O) groups excluding carboxylic acids is 3. The van der Waals surface area contributed by atoms with Crippen molar-refractivity contribution in [3.63, 3.8) is 0 Å². The lowest BCUT2D eigenvalue weighted by molar-refractivity contribution is -0.135. The smallest absolute Gasteiger partial charge is 0.282 e. The Bertz CT molecular complexity index is 2680. The number of amides is 1. The van der Waals surface area contributed by atoms with Gasteiger partial charge in [-0.25, -0.2) is 9.36 Å². The molecule has 11 nitrogen and oxygen atoms in total. The van der Waals surface area contributed by atoms with Crippen molar-refractivity contribution in [1.29, 1.82) is 0 Å². The molecule has 8 rings (SSSR count). The lowest BCUT2D eigenvalue weighted by Crippen LogP contribution is -2.34. The number of thiophene rings is 2. The van der Waals surface area contributed by atoms with Gasteiger partial charge in [0.2, 0.25) is 5.91 Å². The predicted molar refractivity (Wildman–Crippen MR) is 284 cm³/mol. The average Bonchev–Trinajstić information content (AvgIpc) is 4.19. The first-order valence-corrected chi connectivity index (χ1v) is 25.7. The van der Waals surface area contributed by atoms with Crippen LogP contribution in [-0.4, -0.2) is 69.5 Å². The number of nitrogens with zero attached hydrogens (tertiary/aromatic N) is 5. The van der Waals surface area contributed by atoms with Crippen molar-refractivity contribution in [2.75, 3.05) is 27.3 Å². The van der Waals surface area contributed by atoms with Crippen molar-refractivity contribution >= 4 is 87.6 Å². The number of methoxy groups -OCH3 is 2. The second kappa shape index (κ2) is 25.6. The highest BCUT2D eigenvalue weighted by atomic mass is 35.5. The number of nitrogens with one attached hydrogen (secondary N) is 1. The van der Waals surface area contributed by atoms with Crippen molar-refractivity contribution < 1.29 is 23.9 Å². The van der Waals surface area contributed by atoms with Gasteiger partial charge in [-0.3, -0.25) is 14.4 Å². The van der Waals surface area contributed by atoms with Gasteiger partial charge >= 0.3 is 0 Å². The quantitative estimate of drug-likeness (QED) is 0.121. The van der Waals surface area contributed by atoms with Crippen LogP contribution in [0.25, 0.3) is 0 Å². The second-order valence-electron chi connectivity index (χ2n) is 18.0. The van der Waals surface area contributed by atoms with Crippen LogP contribution in [0.5, 0.6) is 11.5 Å². The van der Waals surface area contributed by atoms with Crippen molar-refractivity contribution in [3.8, 4) is 11.5 Å². The number of hydrogen-bond donors (Lipinski definition) is 1. The summed E-state index contributed by atoms with van der Waals surface area (Å²) in [5.41, 5.74) is 4.46. The fraction of sp³-hybridized carbons (Fsp3) is 0.404. The first-order valence-electron chi connectivity index (χ1n) is 22.9. The minimum Gasteiger partial charge on any atom is -0.496 e. The number of allylic oxidation sites excluding steroid dienone is 1. The van der Waals surface area contributed by atoms with Crippen LogP contribution in [0.1, 0.15) is 126 Å². The zero-order valence-electron chi connectivity index (χ0n) is 40.2. The van der Waals surface area contributed by atoms with Gasteiger partial charge < -0.3 is 19.7 Å². The molecule has 6 heterocycles. The Morgan fingerprint density at radius 3 is 1.65 bits per heavy atom. The molecule has 6 aromatic rings. The molecular formula is C52H62Cl4N6O5S2. The van der Waals surface area contributed by atoms with Crippen molar-refractivity contribution in [3.05, 3.63) is 149 Å². The normalized spacial score (nSPS) is 15.4. The number of halogens is 4. The summed E-state index contributed by atoms with van der Waals surface area (Å²) in [7, 11) is 3.13. The molecule has 2 fully saturated rings. The highest BCUT2D eigenvalue weighted by Gasteiger charge is 2.34. The second-order valence-corrected chi connectivity index (χ2v) is 22.1. The SMILES string of the molecule is C=C(Cl)C(C)(C)C.COc1ccccc1C(=O)n1nc(C2CCCN2)cc1CCc1ccc(Cl)s1.COc1ccccc1C(=O)n1nc(C2CCCN2C(=O)C(C)C)cc1CCc1ccc(Cl)s1.Cl. The first-order chi connectivity index (χ1) is 32.5. The van der Waals surface area contributed by atoms with Gasteiger partial charge in [0.25, 0.3) is 11.8 Å². The van der Waals surface area contributed by atoms with Crippen LogP contribution >= 0.6 is 69.9 Å². The van der Waals surface area contributed by atoms with Gasteiger partial charge in [-0.1, -0.05) is 100 Å². The Kier molecular flexibility index (Phi) is 20.6. The number of aromatic nitrogens is 4. The molecule has 0 bridgehead atoms. The molecule has 0 aliphatic carbocycles. The Hall–Kier alpha value is -4.47. The van der Waals surface area contributed by atoms with Gasteiger partial charge in [0.15, 0.2) is 0 Å². The summed E-state index contributed by atoms with van der Waals surface area (Å²) >= 11 is 20.8. The maximum atomic E-state index is 13.5. The van der Waals surface area contributed by atoms with E-state index in [4.69, 9.17) is 49.4 Å². The minimum absolute atomic E-state index is 0. The number of hydrogen-bond acceptors (Lipinski definition) is 10. The molecule has 0 spiro atoms. The van der Waals surface area contributed by atoms with E-state index >= 15 is 0 Å². The number of benzene rings is 2. The Morgan fingerprint density at radius 2 is 1.23 bits per heavy atom. The highest BCUT2D eigenvalue weighted by molar-refractivity contribution is 7.16. The zero-order valence-corrected chi connectivity index (χ0v) is 44.9. The lowest BCUT2D eigenvalue weighted by atomic mass is 9.97. The summed E-state index contributed by atoms with van der Waals surface area (Å²) in [5, 5.41) is 13.6. The molecule has 0 saturated carbocycles. The lowest BCUT2D eigenvalue weighted by Gasteiger charge is -2.25. The molecule has 2 unspecified atom stereocenters. The summed E-state index contributed by atoms with van der Waals surface area (Å²) in [5.74, 6) is 0.704. The molecule has 2 aliphatic heterocycles. The molecule has 2 aliphatic rings. The maximum Gasteiger partial charge on any atom is 0.282 e. The Labute approximate surface area is 435 Å². The molecule has 69 heavy (non-hydrogen) atoms. The fourth-order valence-corrected chi connectivity index (χ4v) is 10.0. The molecule has 17 heteroatoms. The molecule has 0 radical (unpaired) electrons. The molecule has 2 aromatic carbocycles. The standard InChI is InChI=1S/C25H28ClN3O3S.C21H22ClN3O2S.C6H11Cl.ClH/c1-16(2)24(30)28-14-6-8-21(28)20-15-17(10-11-18-12-13-23(26)33-18)29(27-20)25(31)19-7-4-5-9-22(19)32-3;1-27-19-7-3-2-5-16(19)21(26)25-14(8-9-15-10-11-20(22)28-15)13-18(24-25)17-6-4-12-23-17;1-5(7)6(2,3)4;/h4-5,7,9,12-13,15-16,21H,6,8,10-11,14H2,1-3H3;2-3,5,7,10-11,13,17,23H,4,6,8-9,12H2,1H3;1H2,2-4H3;1H. The monoisotopic (exact) mass is 1050 g/mol. The third-order valence-electron chi connectivity index (χ3n) is 11.8. The summed E-state index contributed by atoms with van der Waals surface area (Å²) in [6.45, 7) is 15.2. The number of likely N-dealkylation sites (tertiary alicyclic amines) is 1. The van der Waals surface area contributed by atoms with E-state index in [-0.39, 0.29) is 53.5 Å². The first kappa shape index (κ1) is 55.5. The van der Waals surface area contributed by atoms with Crippen molar-refractivity contribution in [1.82, 2.24) is 29.8 Å². The van der Waals surface area contributed by atoms with Crippen LogP contribution in [0.2, 0.25) is 8.67 Å². The van der Waals surface area contributed by atoms with E-state index in [1.165, 1.54) is 9.56 Å². The molecule has 2 atom stereocenters. The summed E-state index contributed by atoms with van der Waals surface area (Å²) in [6, 6.07) is 26.4.